The molecule has 3 nitrogen and oxygen atoms in total. The summed E-state index contributed by atoms with van der Waals surface area (Å²) >= 11 is 4.95. The summed E-state index contributed by atoms with van der Waals surface area (Å²) in [6.45, 7) is 5.87. The maximum absolute atomic E-state index is 11.1. The Kier molecular flexibility index (Phi) is 8.32. The zero-order valence-electron chi connectivity index (χ0n) is 8.29. The van der Waals surface area contributed by atoms with Crippen molar-refractivity contribution in [1.82, 2.24) is 0 Å². The summed E-state index contributed by atoms with van der Waals surface area (Å²) < 4.78 is 5.73. The molecule has 0 bridgehead atoms. The Balaban J connectivity index is 3.48. The van der Waals surface area contributed by atoms with E-state index in [2.05, 4.69) is 22.5 Å². The number of nitrogens with two attached hydrogens (primary N) is 1. The minimum absolute atomic E-state index is 0.314. The van der Waals surface area contributed by atoms with E-state index in [0.29, 0.717) is 13.0 Å². The molecule has 0 spiro atoms. The molecule has 0 rings (SSSR count). The van der Waals surface area contributed by atoms with Gasteiger partial charge in [-0.2, -0.15) is 11.8 Å². The maximum Gasteiger partial charge on any atom is 0.322 e. The van der Waals surface area contributed by atoms with Gasteiger partial charge in [-0.05, 0) is 23.6 Å². The van der Waals surface area contributed by atoms with Crippen LogP contribution in [0.25, 0.3) is 0 Å². The Labute approximate surface area is 97.6 Å². The Bertz CT molecular complexity index is 199. The molecule has 0 saturated heterocycles. The van der Waals surface area contributed by atoms with Crippen molar-refractivity contribution in [1.29, 1.82) is 0 Å². The number of esters is 1. The largest absolute Gasteiger partial charge is 0.465 e. The Morgan fingerprint density at radius 1 is 1.71 bits per heavy atom. The molecular formula is C9H16BrNO2S. The van der Waals surface area contributed by atoms with Crippen molar-refractivity contribution < 1.29 is 9.53 Å². The summed E-state index contributed by atoms with van der Waals surface area (Å²) in [5.74, 6) is 1.37. The first-order valence-corrected chi connectivity index (χ1v) is 6.36. The summed E-state index contributed by atoms with van der Waals surface area (Å²) in [4.78, 5) is 11.1. The van der Waals surface area contributed by atoms with Crippen LogP contribution in [0.3, 0.4) is 0 Å². The van der Waals surface area contributed by atoms with Crippen LogP contribution in [0.4, 0.5) is 0 Å². The quantitative estimate of drug-likeness (QED) is 0.572. The van der Waals surface area contributed by atoms with Crippen molar-refractivity contribution in [3.8, 4) is 0 Å². The van der Waals surface area contributed by atoms with Crippen molar-refractivity contribution in [2.75, 3.05) is 18.1 Å². The van der Waals surface area contributed by atoms with E-state index >= 15 is 0 Å². The summed E-state index contributed by atoms with van der Waals surface area (Å²) in [7, 11) is 0. The van der Waals surface area contributed by atoms with Crippen molar-refractivity contribution >= 4 is 33.7 Å². The number of carbonyl (C=O) groups is 1. The predicted molar refractivity (Wildman–Crippen MR) is 64.6 cm³/mol. The molecule has 5 heteroatoms. The highest BCUT2D eigenvalue weighted by atomic mass is 79.9. The molecule has 0 heterocycles. The van der Waals surface area contributed by atoms with Gasteiger partial charge in [0.1, 0.15) is 6.04 Å². The molecule has 0 aromatic rings. The number of carbonyl (C=O) groups excluding carboxylic acids is 1. The number of rotatable bonds is 7. The lowest BCUT2D eigenvalue weighted by atomic mass is 10.2. The molecule has 0 aliphatic heterocycles. The van der Waals surface area contributed by atoms with Crippen LogP contribution >= 0.6 is 27.7 Å². The second-order valence-corrected chi connectivity index (χ2v) is 4.94. The molecule has 2 N–H and O–H groups in total. The molecule has 0 fully saturated rings. The zero-order valence-corrected chi connectivity index (χ0v) is 10.7. The molecule has 0 aliphatic carbocycles. The lowest BCUT2D eigenvalue weighted by molar-refractivity contribution is -0.144. The van der Waals surface area contributed by atoms with Crippen LogP contribution < -0.4 is 5.73 Å². The highest BCUT2D eigenvalue weighted by Gasteiger charge is 2.13. The van der Waals surface area contributed by atoms with Gasteiger partial charge in [-0.3, -0.25) is 4.79 Å². The summed E-state index contributed by atoms with van der Waals surface area (Å²) in [6.07, 6.45) is 0.643. The average Bonchev–Trinajstić information content (AvgIpc) is 2.12. The van der Waals surface area contributed by atoms with Gasteiger partial charge in [0, 0.05) is 5.75 Å². The average molecular weight is 282 g/mol. The topological polar surface area (TPSA) is 52.3 Å². The molecule has 0 amide bonds. The van der Waals surface area contributed by atoms with Gasteiger partial charge in [0.25, 0.3) is 0 Å². The van der Waals surface area contributed by atoms with Crippen molar-refractivity contribution in [3.63, 3.8) is 0 Å². The lowest BCUT2D eigenvalue weighted by Crippen LogP contribution is -2.32. The van der Waals surface area contributed by atoms with Gasteiger partial charge in [-0.1, -0.05) is 22.5 Å². The molecule has 82 valence electrons. The Hall–Kier alpha value is -0.000000000000000111. The molecular weight excluding hydrogens is 266 g/mol. The van der Waals surface area contributed by atoms with Crippen LogP contribution in [-0.2, 0) is 9.53 Å². The summed E-state index contributed by atoms with van der Waals surface area (Å²) in [5.41, 5.74) is 5.60. The van der Waals surface area contributed by atoms with Crippen LogP contribution in [0.2, 0.25) is 0 Å². The van der Waals surface area contributed by atoms with Gasteiger partial charge < -0.3 is 10.5 Å². The number of hydrogen-bond acceptors (Lipinski definition) is 4. The van der Waals surface area contributed by atoms with E-state index in [-0.39, 0.29) is 5.97 Å². The third-order valence-electron chi connectivity index (χ3n) is 1.42. The normalized spacial score (nSPS) is 12.2. The molecule has 0 aromatic heterocycles. The van der Waals surface area contributed by atoms with Gasteiger partial charge >= 0.3 is 5.97 Å². The lowest BCUT2D eigenvalue weighted by Gasteiger charge is -2.09. The second-order valence-electron chi connectivity index (χ2n) is 2.72. The number of halogens is 1. The monoisotopic (exact) mass is 281 g/mol. The molecule has 0 saturated carbocycles. The van der Waals surface area contributed by atoms with Crippen molar-refractivity contribution in [2.45, 2.75) is 19.4 Å². The first kappa shape index (κ1) is 14.0. The molecule has 0 aliphatic rings. The molecule has 0 aromatic carbocycles. The van der Waals surface area contributed by atoms with E-state index in [1.807, 2.05) is 0 Å². The van der Waals surface area contributed by atoms with Crippen LogP contribution in [0, 0.1) is 0 Å². The van der Waals surface area contributed by atoms with E-state index < -0.39 is 6.04 Å². The van der Waals surface area contributed by atoms with Crippen LogP contribution in [0.1, 0.15) is 13.3 Å². The minimum Gasteiger partial charge on any atom is -0.465 e. The zero-order chi connectivity index (χ0) is 11.0. The molecule has 1 unspecified atom stereocenters. The predicted octanol–water partition coefficient (Wildman–Crippen LogP) is 1.91. The first-order chi connectivity index (χ1) is 6.57. The van der Waals surface area contributed by atoms with Gasteiger partial charge in [-0.25, -0.2) is 0 Å². The smallest absolute Gasteiger partial charge is 0.322 e. The van der Waals surface area contributed by atoms with Gasteiger partial charge in [-0.15, -0.1) is 0 Å². The second kappa shape index (κ2) is 8.32. The fraction of sp³-hybridized carbons (Fsp3) is 0.667. The van der Waals surface area contributed by atoms with E-state index in [1.54, 1.807) is 18.7 Å². The standard InChI is InChI=1S/C9H16BrNO2S/c1-3-13-9(12)8(11)4-5-14-6-7(2)10/h8H,2-6,11H2,1H3. The van der Waals surface area contributed by atoms with Gasteiger partial charge in [0.05, 0.1) is 6.61 Å². The number of thioether (sulfide) groups is 1. The van der Waals surface area contributed by atoms with Crippen LogP contribution in [0.15, 0.2) is 11.1 Å². The fourth-order valence-corrected chi connectivity index (χ4v) is 2.03. The number of hydrogen-bond donors (Lipinski definition) is 1. The van der Waals surface area contributed by atoms with E-state index in [0.717, 1.165) is 16.0 Å². The highest BCUT2D eigenvalue weighted by molar-refractivity contribution is 9.11. The first-order valence-electron chi connectivity index (χ1n) is 4.41. The summed E-state index contributed by atoms with van der Waals surface area (Å²) in [5, 5.41) is 0. The molecule has 0 radical (unpaired) electrons. The molecule has 1 atom stereocenters. The van der Waals surface area contributed by atoms with Crippen LogP contribution in [-0.4, -0.2) is 30.1 Å². The van der Waals surface area contributed by atoms with Crippen molar-refractivity contribution in [3.05, 3.63) is 11.1 Å². The number of ether oxygens (including phenoxy) is 1. The molecule has 14 heavy (non-hydrogen) atoms. The maximum atomic E-state index is 11.1. The summed E-state index contributed by atoms with van der Waals surface area (Å²) in [6, 6.07) is -0.494. The van der Waals surface area contributed by atoms with E-state index in [4.69, 9.17) is 10.5 Å². The fourth-order valence-electron chi connectivity index (χ4n) is 0.760. The van der Waals surface area contributed by atoms with Gasteiger partial charge in [0.2, 0.25) is 0 Å². The van der Waals surface area contributed by atoms with Gasteiger partial charge in [0.15, 0.2) is 0 Å². The van der Waals surface area contributed by atoms with Crippen LogP contribution in [0.5, 0.6) is 0 Å². The third kappa shape index (κ3) is 7.41. The Morgan fingerprint density at radius 2 is 2.36 bits per heavy atom. The SMILES string of the molecule is C=C(Br)CSCCC(N)C(=O)OCC. The minimum atomic E-state index is -0.494. The van der Waals surface area contributed by atoms with E-state index in [9.17, 15) is 4.79 Å². The third-order valence-corrected chi connectivity index (χ3v) is 3.15. The van der Waals surface area contributed by atoms with E-state index in [1.165, 1.54) is 0 Å². The van der Waals surface area contributed by atoms with Crippen molar-refractivity contribution in [2.24, 2.45) is 5.73 Å². The Morgan fingerprint density at radius 3 is 2.86 bits per heavy atom. The highest BCUT2D eigenvalue weighted by Crippen LogP contribution is 2.12.